The Hall–Kier alpha value is -1.59. The van der Waals surface area contributed by atoms with Crippen LogP contribution in [0, 0.1) is 5.41 Å². The molecule has 0 bridgehead atoms. The van der Waals surface area contributed by atoms with Gasteiger partial charge in [-0.1, -0.05) is 6.82 Å². The van der Waals surface area contributed by atoms with Gasteiger partial charge in [0.05, 0.1) is 7.74 Å². The number of likely N-dealkylation sites (tertiary alicyclic amines) is 1. The molecule has 2 radical (unpaired) electrons. The number of hydrogen-bond donors (Lipinski definition) is 0. The van der Waals surface area contributed by atoms with E-state index in [1.54, 1.807) is 0 Å². The van der Waals surface area contributed by atoms with E-state index in [2.05, 4.69) is 0 Å². The van der Waals surface area contributed by atoms with E-state index in [1.807, 2.05) is 0 Å². The summed E-state index contributed by atoms with van der Waals surface area (Å²) < 4.78 is 0. The third kappa shape index (κ3) is 0.748. The Morgan fingerprint density at radius 3 is 1.80 bits per heavy atom. The zero-order chi connectivity index (χ0) is 11.5. The summed E-state index contributed by atoms with van der Waals surface area (Å²) in [5.74, 6) is -3.15. The van der Waals surface area contributed by atoms with Gasteiger partial charge in [0, 0.05) is 7.05 Å². The topological polar surface area (TPSA) is 74.8 Å². The molecule has 2 rings (SSSR count). The van der Waals surface area contributed by atoms with Crippen LogP contribution in [0.1, 0.15) is 0 Å². The van der Waals surface area contributed by atoms with E-state index in [0.717, 1.165) is 9.71 Å². The lowest BCUT2D eigenvalue weighted by molar-refractivity contribution is -0.193. The quantitative estimate of drug-likeness (QED) is 0.271. The van der Waals surface area contributed by atoms with Gasteiger partial charge in [0.1, 0.15) is 0 Å². The molecule has 0 unspecified atom stereocenters. The number of carbonyl (C=O) groups excluding carboxylic acids is 4. The number of imide groups is 2. The number of nitrogens with zero attached hydrogens (tertiary/aromatic N) is 2. The molecule has 0 saturated carbocycles. The van der Waals surface area contributed by atoms with Crippen LogP contribution in [0.5, 0.6) is 0 Å². The van der Waals surface area contributed by atoms with Gasteiger partial charge < -0.3 is 4.81 Å². The first-order chi connectivity index (χ1) is 6.86. The second-order valence-corrected chi connectivity index (χ2v) is 3.64. The molecule has 74 valence electrons. The van der Waals surface area contributed by atoms with E-state index < -0.39 is 35.8 Å². The van der Waals surface area contributed by atoms with Gasteiger partial charge in [0.2, 0.25) is 6.74 Å². The summed E-state index contributed by atoms with van der Waals surface area (Å²) in [4.78, 5) is 47.3. The number of β-lactam (4-membered cyclic amide) rings is 4. The minimum Gasteiger partial charge on any atom is -0.335 e. The largest absolute Gasteiger partial charge is 0.335 e. The summed E-state index contributed by atoms with van der Waals surface area (Å²) in [6.45, 7) is 0.613. The Morgan fingerprint density at radius 1 is 1.07 bits per heavy atom. The molecular formula is C7H6B2N2O4. The smallest absolute Gasteiger partial charge is 0.282 e. The molecule has 2 saturated heterocycles. The zero-order valence-corrected chi connectivity index (χ0v) is 8.18. The molecule has 15 heavy (non-hydrogen) atoms. The van der Waals surface area contributed by atoms with Gasteiger partial charge in [-0.15, -0.1) is 0 Å². The van der Waals surface area contributed by atoms with Gasteiger partial charge in [-0.05, 0) is 0 Å². The van der Waals surface area contributed by atoms with Crippen LogP contribution < -0.4 is 0 Å². The Labute approximate surface area is 87.1 Å². The fourth-order valence-electron chi connectivity index (χ4n) is 1.86. The van der Waals surface area contributed by atoms with Crippen molar-refractivity contribution in [2.75, 3.05) is 7.05 Å². The third-order valence-electron chi connectivity index (χ3n) is 2.74. The van der Waals surface area contributed by atoms with Crippen LogP contribution in [0.15, 0.2) is 0 Å². The first-order valence-corrected chi connectivity index (χ1v) is 4.33. The molecule has 0 aromatic heterocycles. The molecule has 0 aromatic rings. The summed E-state index contributed by atoms with van der Waals surface area (Å²) in [5, 5.41) is 0. The SMILES string of the molecule is [B]B(C)N1C(=O)C2(C(=O)N(C)C2=O)C1=O. The first-order valence-electron chi connectivity index (χ1n) is 4.33. The highest BCUT2D eigenvalue weighted by molar-refractivity contribution is 7.04. The van der Waals surface area contributed by atoms with Gasteiger partial charge in [0.25, 0.3) is 29.0 Å². The lowest BCUT2D eigenvalue weighted by Crippen LogP contribution is -2.85. The molecule has 2 aliphatic rings. The third-order valence-corrected chi connectivity index (χ3v) is 2.74. The second-order valence-electron chi connectivity index (χ2n) is 3.64. The van der Waals surface area contributed by atoms with E-state index >= 15 is 0 Å². The molecule has 8 heteroatoms. The lowest BCUT2D eigenvalue weighted by Gasteiger charge is -2.53. The van der Waals surface area contributed by atoms with Crippen molar-refractivity contribution >= 4 is 38.1 Å². The molecule has 2 fully saturated rings. The van der Waals surface area contributed by atoms with Gasteiger partial charge in [0.15, 0.2) is 0 Å². The van der Waals surface area contributed by atoms with Crippen LogP contribution in [0.4, 0.5) is 0 Å². The van der Waals surface area contributed by atoms with Gasteiger partial charge in [-0.25, -0.2) is 0 Å². The molecule has 1 spiro atoms. The van der Waals surface area contributed by atoms with E-state index in [1.165, 1.54) is 13.9 Å². The zero-order valence-electron chi connectivity index (χ0n) is 8.18. The Kier molecular flexibility index (Phi) is 1.66. The molecule has 2 heterocycles. The Bertz CT molecular complexity index is 385. The number of hydrogen-bond acceptors (Lipinski definition) is 4. The van der Waals surface area contributed by atoms with Crippen molar-refractivity contribution in [1.29, 1.82) is 0 Å². The van der Waals surface area contributed by atoms with Crippen molar-refractivity contribution in [2.45, 2.75) is 6.82 Å². The minimum atomic E-state index is -2.08. The summed E-state index contributed by atoms with van der Waals surface area (Å²) in [6.07, 6.45) is 0. The predicted molar refractivity (Wildman–Crippen MR) is 49.4 cm³/mol. The fourth-order valence-corrected chi connectivity index (χ4v) is 1.86. The van der Waals surface area contributed by atoms with Crippen molar-refractivity contribution in [3.8, 4) is 0 Å². The van der Waals surface area contributed by atoms with Crippen molar-refractivity contribution < 1.29 is 19.2 Å². The molecule has 0 aromatic carbocycles. The van der Waals surface area contributed by atoms with Gasteiger partial charge in [-0.3, -0.25) is 24.1 Å². The normalized spacial score (nSPS) is 23.1. The van der Waals surface area contributed by atoms with Crippen molar-refractivity contribution in [1.82, 2.24) is 9.71 Å². The predicted octanol–water partition coefficient (Wildman–Crippen LogP) is -2.37. The fraction of sp³-hybridized carbons (Fsp3) is 0.429. The molecule has 0 N–H and O–H groups in total. The highest BCUT2D eigenvalue weighted by atomic mass is 16.2. The van der Waals surface area contributed by atoms with Crippen LogP contribution in [0.2, 0.25) is 6.82 Å². The number of amides is 4. The van der Waals surface area contributed by atoms with Crippen molar-refractivity contribution in [3.05, 3.63) is 0 Å². The monoisotopic (exact) mass is 204 g/mol. The summed E-state index contributed by atoms with van der Waals surface area (Å²) in [5.41, 5.74) is -2.08. The average Bonchev–Trinajstić information content (AvgIpc) is 2.17. The van der Waals surface area contributed by atoms with E-state index in [4.69, 9.17) is 7.74 Å². The minimum absolute atomic E-state index is 0.725. The summed E-state index contributed by atoms with van der Waals surface area (Å²) in [7, 11) is 6.58. The maximum absolute atomic E-state index is 11.5. The molecule has 0 atom stereocenters. The van der Waals surface area contributed by atoms with Crippen LogP contribution in [-0.2, 0) is 19.2 Å². The van der Waals surface area contributed by atoms with E-state index in [9.17, 15) is 19.2 Å². The van der Waals surface area contributed by atoms with Crippen LogP contribution >= 0.6 is 0 Å². The van der Waals surface area contributed by atoms with E-state index in [-0.39, 0.29) is 0 Å². The van der Waals surface area contributed by atoms with Gasteiger partial charge >= 0.3 is 0 Å². The number of carbonyl (C=O) groups is 4. The molecule has 0 aliphatic carbocycles. The summed E-state index contributed by atoms with van der Waals surface area (Å²) in [6, 6.07) is 0. The molecule has 6 nitrogen and oxygen atoms in total. The van der Waals surface area contributed by atoms with Crippen molar-refractivity contribution in [2.24, 2.45) is 5.41 Å². The lowest BCUT2D eigenvalue weighted by atomic mass is 9.40. The number of rotatable bonds is 1. The van der Waals surface area contributed by atoms with E-state index in [0.29, 0.717) is 0 Å². The molecular weight excluding hydrogens is 198 g/mol. The van der Waals surface area contributed by atoms with Crippen LogP contribution in [0.3, 0.4) is 0 Å². The Balaban J connectivity index is 2.37. The molecule has 4 amide bonds. The maximum Gasteiger partial charge on any atom is 0.282 e. The standard InChI is InChI=1S/C7H6B2N2O4/c1-9(8)11-5(14)7(6(11)15)3(12)10(2)4(7)13/h1-2H3. The Morgan fingerprint density at radius 2 is 1.47 bits per heavy atom. The van der Waals surface area contributed by atoms with Crippen LogP contribution in [-0.4, -0.2) is 54.9 Å². The highest BCUT2D eigenvalue weighted by Gasteiger charge is 2.79. The van der Waals surface area contributed by atoms with Crippen LogP contribution in [0.25, 0.3) is 0 Å². The second kappa shape index (κ2) is 2.50. The van der Waals surface area contributed by atoms with Crippen molar-refractivity contribution in [3.63, 3.8) is 0 Å². The highest BCUT2D eigenvalue weighted by Crippen LogP contribution is 2.44. The summed E-state index contributed by atoms with van der Waals surface area (Å²) >= 11 is 0. The first kappa shape index (κ1) is 9.95. The maximum atomic E-state index is 11.5. The molecule has 2 aliphatic heterocycles. The average molecular weight is 204 g/mol. The van der Waals surface area contributed by atoms with Gasteiger partial charge in [-0.2, -0.15) is 0 Å².